The zero-order valence-electron chi connectivity index (χ0n) is 10.8. The number of sulfonamides is 1. The first-order chi connectivity index (χ1) is 8.86. The molecule has 0 radical (unpaired) electrons. The van der Waals surface area contributed by atoms with Crippen LogP contribution >= 0.6 is 11.8 Å². The Balaban J connectivity index is 2.09. The number of hydrogen-bond donors (Lipinski definition) is 2. The molecule has 0 amide bonds. The highest BCUT2D eigenvalue weighted by molar-refractivity contribution is 8.15. The second kappa shape index (κ2) is 5.52. The van der Waals surface area contributed by atoms with E-state index in [0.29, 0.717) is 16.9 Å². The summed E-state index contributed by atoms with van der Waals surface area (Å²) in [6.07, 6.45) is 0. The lowest BCUT2D eigenvalue weighted by atomic mass is 10.1. The van der Waals surface area contributed by atoms with Crippen LogP contribution in [0.15, 0.2) is 34.2 Å². The molecule has 1 aliphatic rings. The Morgan fingerprint density at radius 3 is 2.79 bits per heavy atom. The summed E-state index contributed by atoms with van der Waals surface area (Å²) >= 11 is 1.69. The number of nitrogens with two attached hydrogens (primary N) is 1. The molecule has 1 atom stereocenters. The number of nitrogens with zero attached hydrogens (tertiary/aromatic N) is 1. The monoisotopic (exact) mass is 299 g/mol. The van der Waals surface area contributed by atoms with Crippen molar-refractivity contribution in [3.05, 3.63) is 24.3 Å². The summed E-state index contributed by atoms with van der Waals surface area (Å²) in [6, 6.07) is 6.44. The van der Waals surface area contributed by atoms with E-state index in [1.54, 1.807) is 23.9 Å². The SMILES string of the molecule is CC(C)C1CN=C(Nc2cccc(S(N)(=O)=O)c2)S1. The van der Waals surface area contributed by atoms with E-state index in [1.807, 2.05) is 0 Å². The Kier molecular flexibility index (Phi) is 4.17. The number of primary sulfonamides is 1. The molecular formula is C12H17N3O2S2. The van der Waals surface area contributed by atoms with Crippen molar-refractivity contribution < 1.29 is 8.42 Å². The molecule has 1 aromatic carbocycles. The highest BCUT2D eigenvalue weighted by atomic mass is 32.2. The van der Waals surface area contributed by atoms with Gasteiger partial charge < -0.3 is 5.32 Å². The number of nitrogens with one attached hydrogen (secondary N) is 1. The maximum atomic E-state index is 11.3. The third kappa shape index (κ3) is 3.71. The standard InChI is InChI=1S/C12H17N3O2S2/c1-8(2)11-7-14-12(18-11)15-9-4-3-5-10(6-9)19(13,16)17/h3-6,8,11H,7H2,1-2H3,(H,14,15)(H2,13,16,17). The van der Waals surface area contributed by atoms with Gasteiger partial charge in [-0.15, -0.1) is 0 Å². The number of rotatable bonds is 3. The van der Waals surface area contributed by atoms with Crippen molar-refractivity contribution in [1.29, 1.82) is 0 Å². The van der Waals surface area contributed by atoms with Gasteiger partial charge in [0.25, 0.3) is 0 Å². The quantitative estimate of drug-likeness (QED) is 0.892. The molecule has 0 spiro atoms. The molecule has 0 fully saturated rings. The van der Waals surface area contributed by atoms with Gasteiger partial charge in [-0.1, -0.05) is 31.7 Å². The first-order valence-corrected chi connectivity index (χ1v) is 8.40. The highest BCUT2D eigenvalue weighted by Crippen LogP contribution is 2.28. The van der Waals surface area contributed by atoms with Gasteiger partial charge in [-0.25, -0.2) is 13.6 Å². The predicted octanol–water partition coefficient (Wildman–Crippen LogP) is 1.87. The lowest BCUT2D eigenvalue weighted by Gasteiger charge is -2.12. The van der Waals surface area contributed by atoms with E-state index < -0.39 is 10.0 Å². The third-order valence-corrected chi connectivity index (χ3v) is 5.20. The Morgan fingerprint density at radius 2 is 2.21 bits per heavy atom. The van der Waals surface area contributed by atoms with E-state index in [1.165, 1.54) is 12.1 Å². The molecule has 104 valence electrons. The van der Waals surface area contributed by atoms with Gasteiger partial charge in [0.1, 0.15) is 0 Å². The lowest BCUT2D eigenvalue weighted by Crippen LogP contribution is -2.14. The van der Waals surface area contributed by atoms with Gasteiger partial charge in [0, 0.05) is 10.9 Å². The van der Waals surface area contributed by atoms with Gasteiger partial charge in [-0.2, -0.15) is 0 Å². The molecule has 1 unspecified atom stereocenters. The van der Waals surface area contributed by atoms with Crippen molar-refractivity contribution in [2.24, 2.45) is 16.0 Å². The second-order valence-corrected chi connectivity index (χ2v) is 7.53. The van der Waals surface area contributed by atoms with Crippen LogP contribution in [0.25, 0.3) is 0 Å². The van der Waals surface area contributed by atoms with Gasteiger partial charge in [0.05, 0.1) is 11.4 Å². The van der Waals surface area contributed by atoms with E-state index >= 15 is 0 Å². The van der Waals surface area contributed by atoms with E-state index in [4.69, 9.17) is 5.14 Å². The minimum absolute atomic E-state index is 0.0986. The molecule has 1 aliphatic heterocycles. The Labute approximate surface area is 117 Å². The number of amidine groups is 1. The summed E-state index contributed by atoms with van der Waals surface area (Å²) in [4.78, 5) is 4.51. The van der Waals surface area contributed by atoms with Crippen molar-refractivity contribution in [1.82, 2.24) is 0 Å². The number of aliphatic imine (C=N–C) groups is 1. The molecule has 0 saturated carbocycles. The summed E-state index contributed by atoms with van der Waals surface area (Å²) in [7, 11) is -3.67. The van der Waals surface area contributed by atoms with Crippen LogP contribution in [0.2, 0.25) is 0 Å². The molecule has 0 saturated heterocycles. The van der Waals surface area contributed by atoms with Crippen LogP contribution in [0, 0.1) is 5.92 Å². The van der Waals surface area contributed by atoms with Gasteiger partial charge in [-0.05, 0) is 24.1 Å². The summed E-state index contributed by atoms with van der Waals surface area (Å²) in [5, 5.41) is 9.54. The zero-order chi connectivity index (χ0) is 14.0. The number of hydrogen-bond acceptors (Lipinski definition) is 5. The van der Waals surface area contributed by atoms with Crippen LogP contribution in [0.3, 0.4) is 0 Å². The average molecular weight is 299 g/mol. The Bertz CT molecular complexity index is 597. The van der Waals surface area contributed by atoms with Crippen molar-refractivity contribution >= 4 is 32.6 Å². The summed E-state index contributed by atoms with van der Waals surface area (Å²) in [5.41, 5.74) is 0.683. The number of thioether (sulfide) groups is 1. The molecule has 0 aromatic heterocycles. The van der Waals surface area contributed by atoms with Gasteiger partial charge in [0.15, 0.2) is 5.17 Å². The predicted molar refractivity (Wildman–Crippen MR) is 80.0 cm³/mol. The van der Waals surface area contributed by atoms with E-state index in [9.17, 15) is 8.42 Å². The Morgan fingerprint density at radius 1 is 1.47 bits per heavy atom. The van der Waals surface area contributed by atoms with Crippen LogP contribution in [0.5, 0.6) is 0 Å². The Hall–Kier alpha value is -1.05. The summed E-state index contributed by atoms with van der Waals surface area (Å²) < 4.78 is 22.6. The molecule has 7 heteroatoms. The number of benzene rings is 1. The lowest BCUT2D eigenvalue weighted by molar-refractivity contribution is 0.598. The fourth-order valence-electron chi connectivity index (χ4n) is 1.68. The number of anilines is 1. The van der Waals surface area contributed by atoms with Gasteiger partial charge >= 0.3 is 0 Å². The topological polar surface area (TPSA) is 84.5 Å². The molecule has 1 aromatic rings. The zero-order valence-corrected chi connectivity index (χ0v) is 12.5. The smallest absolute Gasteiger partial charge is 0.238 e. The average Bonchev–Trinajstić information content (AvgIpc) is 2.77. The maximum Gasteiger partial charge on any atom is 0.238 e. The summed E-state index contributed by atoms with van der Waals surface area (Å²) in [5.74, 6) is 0.559. The van der Waals surface area contributed by atoms with Gasteiger partial charge in [-0.3, -0.25) is 4.99 Å². The van der Waals surface area contributed by atoms with Crippen LogP contribution in [0.4, 0.5) is 5.69 Å². The molecule has 1 heterocycles. The van der Waals surface area contributed by atoms with Crippen LogP contribution in [-0.2, 0) is 10.0 Å². The minimum Gasteiger partial charge on any atom is -0.335 e. The van der Waals surface area contributed by atoms with Crippen molar-refractivity contribution in [3.63, 3.8) is 0 Å². The molecule has 3 N–H and O–H groups in total. The fourth-order valence-corrected chi connectivity index (χ4v) is 3.27. The molecular weight excluding hydrogens is 282 g/mol. The van der Waals surface area contributed by atoms with Crippen molar-refractivity contribution in [3.8, 4) is 0 Å². The van der Waals surface area contributed by atoms with Crippen molar-refractivity contribution in [2.75, 3.05) is 11.9 Å². The van der Waals surface area contributed by atoms with Crippen LogP contribution < -0.4 is 10.5 Å². The first-order valence-electron chi connectivity index (χ1n) is 5.97. The van der Waals surface area contributed by atoms with Crippen LogP contribution in [0.1, 0.15) is 13.8 Å². The maximum absolute atomic E-state index is 11.3. The van der Waals surface area contributed by atoms with Gasteiger partial charge in [0.2, 0.25) is 10.0 Å². The molecule has 5 nitrogen and oxygen atoms in total. The van der Waals surface area contributed by atoms with E-state index in [0.717, 1.165) is 11.7 Å². The third-order valence-electron chi connectivity index (χ3n) is 2.84. The molecule has 0 aliphatic carbocycles. The van der Waals surface area contributed by atoms with E-state index in [2.05, 4.69) is 24.2 Å². The second-order valence-electron chi connectivity index (χ2n) is 4.74. The largest absolute Gasteiger partial charge is 0.335 e. The fraction of sp³-hybridized carbons (Fsp3) is 0.417. The molecule has 19 heavy (non-hydrogen) atoms. The molecule has 2 rings (SSSR count). The normalized spacial score (nSPS) is 19.6. The first kappa shape index (κ1) is 14.4. The van der Waals surface area contributed by atoms with Crippen LogP contribution in [-0.4, -0.2) is 25.4 Å². The van der Waals surface area contributed by atoms with E-state index in [-0.39, 0.29) is 4.90 Å². The molecule has 0 bridgehead atoms. The highest BCUT2D eigenvalue weighted by Gasteiger charge is 2.22. The summed E-state index contributed by atoms with van der Waals surface area (Å²) in [6.45, 7) is 5.12. The van der Waals surface area contributed by atoms with Crippen molar-refractivity contribution in [2.45, 2.75) is 24.0 Å². The minimum atomic E-state index is -3.67.